The molecule has 1 aliphatic heterocycles. The van der Waals surface area contributed by atoms with E-state index in [0.717, 1.165) is 23.0 Å². The number of rotatable bonds is 3. The van der Waals surface area contributed by atoms with Crippen LogP contribution in [-0.4, -0.2) is 26.9 Å². The summed E-state index contributed by atoms with van der Waals surface area (Å²) < 4.78 is 1.00. The van der Waals surface area contributed by atoms with E-state index >= 15 is 0 Å². The van der Waals surface area contributed by atoms with Gasteiger partial charge >= 0.3 is 5.69 Å². The lowest BCUT2D eigenvalue weighted by molar-refractivity contribution is -0.132. The Hall–Kier alpha value is -3.15. The number of carbonyl (C=O) groups excluding carboxylic acids is 1. The molecule has 2 heterocycles. The van der Waals surface area contributed by atoms with Crippen LogP contribution in [0.1, 0.15) is 35.6 Å². The van der Waals surface area contributed by atoms with Gasteiger partial charge < -0.3 is 9.88 Å². The van der Waals surface area contributed by atoms with Crippen molar-refractivity contribution < 1.29 is 4.79 Å². The lowest BCUT2D eigenvalue weighted by atomic mass is 9.99. The number of likely N-dealkylation sites (tertiary alicyclic amines) is 1. The first kappa shape index (κ1) is 18.2. The Morgan fingerprint density at radius 1 is 1.11 bits per heavy atom. The fourth-order valence-electron chi connectivity index (χ4n) is 3.95. The molecule has 1 amide bonds. The molecule has 0 spiro atoms. The summed E-state index contributed by atoms with van der Waals surface area (Å²) in [6, 6.07) is 13.1. The third kappa shape index (κ3) is 3.15. The molecular weight excluding hydrogens is 354 g/mol. The predicted octanol–water partition coefficient (Wildman–Crippen LogP) is 2.67. The fourth-order valence-corrected chi connectivity index (χ4v) is 3.95. The maximum absolute atomic E-state index is 13.0. The van der Waals surface area contributed by atoms with E-state index in [0.29, 0.717) is 17.4 Å². The number of H-pyrrole nitrogens is 1. The third-order valence-electron chi connectivity index (χ3n) is 5.67. The highest BCUT2D eigenvalue weighted by Gasteiger charge is 2.30. The number of carbonyl (C=O) groups is 1. The average molecular weight is 377 g/mol. The van der Waals surface area contributed by atoms with Crippen LogP contribution >= 0.6 is 0 Å². The van der Waals surface area contributed by atoms with Crippen molar-refractivity contribution in [2.24, 2.45) is 0 Å². The highest BCUT2D eigenvalue weighted by Crippen LogP contribution is 2.32. The third-order valence-corrected chi connectivity index (χ3v) is 5.67. The van der Waals surface area contributed by atoms with Crippen molar-refractivity contribution in [1.82, 2.24) is 14.5 Å². The molecule has 6 nitrogen and oxygen atoms in total. The van der Waals surface area contributed by atoms with Crippen LogP contribution in [0.4, 0.5) is 0 Å². The number of nitrogens with one attached hydrogen (secondary N) is 1. The molecule has 1 saturated heterocycles. The summed E-state index contributed by atoms with van der Waals surface area (Å²) >= 11 is 0. The van der Waals surface area contributed by atoms with E-state index in [2.05, 4.69) is 37.0 Å². The van der Waals surface area contributed by atoms with Crippen LogP contribution in [0.2, 0.25) is 0 Å². The lowest BCUT2D eigenvalue weighted by Crippen LogP contribution is -2.42. The molecule has 6 heteroatoms. The molecule has 1 atom stereocenters. The van der Waals surface area contributed by atoms with Crippen molar-refractivity contribution in [3.8, 4) is 0 Å². The number of hydrogen-bond acceptors (Lipinski definition) is 3. The van der Waals surface area contributed by atoms with E-state index in [1.54, 1.807) is 29.2 Å². The molecule has 3 aromatic rings. The Morgan fingerprint density at radius 2 is 1.89 bits per heavy atom. The van der Waals surface area contributed by atoms with Crippen LogP contribution in [-0.2, 0) is 11.3 Å². The van der Waals surface area contributed by atoms with Crippen LogP contribution in [0.5, 0.6) is 0 Å². The molecule has 1 fully saturated rings. The van der Waals surface area contributed by atoms with Gasteiger partial charge in [-0.2, -0.15) is 0 Å². The maximum atomic E-state index is 13.0. The number of aryl methyl sites for hydroxylation is 2. The van der Waals surface area contributed by atoms with Gasteiger partial charge in [-0.1, -0.05) is 30.3 Å². The normalized spacial score (nSPS) is 16.6. The number of hydrogen-bond donors (Lipinski definition) is 1. The molecule has 4 rings (SSSR count). The van der Waals surface area contributed by atoms with Gasteiger partial charge in [0.25, 0.3) is 5.56 Å². The fraction of sp³-hybridized carbons (Fsp3) is 0.318. The van der Waals surface area contributed by atoms with Crippen LogP contribution in [0.25, 0.3) is 10.9 Å². The Bertz CT molecular complexity index is 1180. The molecule has 1 aliphatic rings. The molecule has 1 N–H and O–H groups in total. The van der Waals surface area contributed by atoms with Gasteiger partial charge in [-0.05, 0) is 55.5 Å². The second-order valence-corrected chi connectivity index (χ2v) is 7.46. The number of amides is 1. The smallest absolute Gasteiger partial charge is 0.329 e. The van der Waals surface area contributed by atoms with E-state index in [-0.39, 0.29) is 18.5 Å². The van der Waals surface area contributed by atoms with Gasteiger partial charge in [-0.15, -0.1) is 0 Å². The van der Waals surface area contributed by atoms with Gasteiger partial charge in [0.15, 0.2) is 0 Å². The van der Waals surface area contributed by atoms with Crippen molar-refractivity contribution in [3.05, 3.63) is 80.0 Å². The van der Waals surface area contributed by atoms with E-state index in [1.807, 2.05) is 0 Å². The zero-order valence-corrected chi connectivity index (χ0v) is 16.1. The summed E-state index contributed by atoms with van der Waals surface area (Å²) in [5, 5.41) is 0.405. The van der Waals surface area contributed by atoms with Crippen molar-refractivity contribution >= 4 is 16.8 Å². The molecule has 0 bridgehead atoms. The highest BCUT2D eigenvalue weighted by molar-refractivity contribution is 5.79. The molecule has 1 unspecified atom stereocenters. The molecule has 0 radical (unpaired) electrons. The molecular formula is C22H23N3O3. The van der Waals surface area contributed by atoms with Crippen molar-refractivity contribution in [2.75, 3.05) is 6.54 Å². The standard InChI is InChI=1S/C22H23N3O3/c1-14-9-10-16(12-15(14)2)19-8-5-11-24(19)20(26)13-25-21(27)17-6-3-4-7-18(17)23-22(25)28/h3-4,6-7,9-10,12,19H,5,8,11,13H2,1-2H3,(H,23,28). The topological polar surface area (TPSA) is 75.2 Å². The number of benzene rings is 2. The van der Waals surface area contributed by atoms with Crippen molar-refractivity contribution in [2.45, 2.75) is 39.3 Å². The van der Waals surface area contributed by atoms with Crippen LogP contribution in [0.15, 0.2) is 52.1 Å². The van der Waals surface area contributed by atoms with Gasteiger partial charge in [-0.3, -0.25) is 14.2 Å². The molecule has 28 heavy (non-hydrogen) atoms. The highest BCUT2D eigenvalue weighted by atomic mass is 16.2. The van der Waals surface area contributed by atoms with E-state index in [9.17, 15) is 14.4 Å². The largest absolute Gasteiger partial charge is 0.334 e. The second-order valence-electron chi connectivity index (χ2n) is 7.46. The van der Waals surface area contributed by atoms with E-state index in [4.69, 9.17) is 0 Å². The molecule has 144 valence electrons. The first-order chi connectivity index (χ1) is 13.5. The Morgan fingerprint density at radius 3 is 2.68 bits per heavy atom. The Kier molecular flexibility index (Phi) is 4.63. The van der Waals surface area contributed by atoms with E-state index in [1.165, 1.54) is 11.1 Å². The number of fused-ring (bicyclic) bond motifs is 1. The Labute approximate surface area is 162 Å². The summed E-state index contributed by atoms with van der Waals surface area (Å²) in [7, 11) is 0. The SMILES string of the molecule is Cc1ccc(C2CCCN2C(=O)Cn2c(=O)[nH]c3ccccc3c2=O)cc1C. The zero-order valence-electron chi connectivity index (χ0n) is 16.1. The van der Waals surface area contributed by atoms with Crippen LogP contribution in [0, 0.1) is 13.8 Å². The molecule has 1 aromatic heterocycles. The predicted molar refractivity (Wildman–Crippen MR) is 108 cm³/mol. The van der Waals surface area contributed by atoms with Gasteiger partial charge in [0.05, 0.1) is 16.9 Å². The first-order valence-corrected chi connectivity index (χ1v) is 9.54. The number of aromatic amines is 1. The minimum Gasteiger partial charge on any atom is -0.334 e. The lowest BCUT2D eigenvalue weighted by Gasteiger charge is -2.26. The van der Waals surface area contributed by atoms with Gasteiger partial charge in [0, 0.05) is 6.54 Å². The van der Waals surface area contributed by atoms with Crippen molar-refractivity contribution in [1.29, 1.82) is 0 Å². The second kappa shape index (κ2) is 7.11. The number of nitrogens with zero attached hydrogens (tertiary/aromatic N) is 2. The summed E-state index contributed by atoms with van der Waals surface area (Å²) in [6.07, 6.45) is 1.80. The minimum atomic E-state index is -0.557. The average Bonchev–Trinajstić information content (AvgIpc) is 3.17. The van der Waals surface area contributed by atoms with Gasteiger partial charge in [0.1, 0.15) is 6.54 Å². The summed E-state index contributed by atoms with van der Waals surface area (Å²) in [6.45, 7) is 4.51. The quantitative estimate of drug-likeness (QED) is 0.762. The van der Waals surface area contributed by atoms with Gasteiger partial charge in [0.2, 0.25) is 5.91 Å². The summed E-state index contributed by atoms with van der Waals surface area (Å²) in [5.74, 6) is -0.205. The van der Waals surface area contributed by atoms with Crippen molar-refractivity contribution in [3.63, 3.8) is 0 Å². The summed E-state index contributed by atoms with van der Waals surface area (Å²) in [5.41, 5.74) is 3.01. The van der Waals surface area contributed by atoms with Crippen LogP contribution < -0.4 is 11.2 Å². The first-order valence-electron chi connectivity index (χ1n) is 9.54. The van der Waals surface area contributed by atoms with E-state index < -0.39 is 11.2 Å². The zero-order chi connectivity index (χ0) is 19.8. The Balaban J connectivity index is 1.65. The summed E-state index contributed by atoms with van der Waals surface area (Å²) in [4.78, 5) is 42.6. The van der Waals surface area contributed by atoms with Gasteiger partial charge in [-0.25, -0.2) is 4.79 Å². The minimum absolute atomic E-state index is 0.0120. The molecule has 0 aliphatic carbocycles. The monoisotopic (exact) mass is 377 g/mol. The number of aromatic nitrogens is 2. The van der Waals surface area contributed by atoms with Crippen LogP contribution in [0.3, 0.4) is 0 Å². The molecule has 0 saturated carbocycles. The number of para-hydroxylation sites is 1. The maximum Gasteiger partial charge on any atom is 0.329 e. The molecule has 2 aromatic carbocycles.